The van der Waals surface area contributed by atoms with E-state index in [1.165, 1.54) is 5.56 Å². The summed E-state index contributed by atoms with van der Waals surface area (Å²) in [5.41, 5.74) is 3.18. The largest absolute Gasteiger partial charge is 0.342 e. The average molecular weight is 394 g/mol. The first-order chi connectivity index (χ1) is 8.69. The Bertz CT molecular complexity index is 622. The van der Waals surface area contributed by atoms with Gasteiger partial charge in [0.15, 0.2) is 0 Å². The maximum absolute atomic E-state index is 12.1. The van der Waals surface area contributed by atoms with Crippen molar-refractivity contribution in [3.8, 4) is 11.3 Å². The van der Waals surface area contributed by atoms with Gasteiger partial charge in [0.1, 0.15) is 0 Å². The van der Waals surface area contributed by atoms with E-state index in [4.69, 9.17) is 0 Å². The van der Waals surface area contributed by atoms with E-state index in [1.807, 2.05) is 25.1 Å². The smallest absolute Gasteiger partial charge is 0.208 e. The van der Waals surface area contributed by atoms with E-state index in [-0.39, 0.29) is 38.3 Å². The minimum Gasteiger partial charge on any atom is -0.342 e. The molecule has 97 valence electrons. The van der Waals surface area contributed by atoms with Gasteiger partial charge in [-0.15, -0.1) is 22.0 Å². The molecule has 1 aromatic heterocycles. The molecule has 1 heterocycles. The van der Waals surface area contributed by atoms with Crippen LogP contribution in [0, 0.1) is 6.07 Å². The molecule has 0 aliphatic rings. The Morgan fingerprint density at radius 1 is 1.26 bits per heavy atom. The molecular formula is C15H15BrNOY-. The number of aryl methyl sites for hydroxylation is 1. The maximum Gasteiger partial charge on any atom is 0.208 e. The van der Waals surface area contributed by atoms with Crippen LogP contribution in [0.2, 0.25) is 0 Å². The van der Waals surface area contributed by atoms with Crippen LogP contribution >= 0.6 is 15.9 Å². The minimum absolute atomic E-state index is 0. The van der Waals surface area contributed by atoms with Gasteiger partial charge < -0.3 is 4.57 Å². The van der Waals surface area contributed by atoms with Gasteiger partial charge >= 0.3 is 0 Å². The fourth-order valence-electron chi connectivity index (χ4n) is 2.09. The third-order valence-electron chi connectivity index (χ3n) is 3.02. The summed E-state index contributed by atoms with van der Waals surface area (Å²) in [5, 5.41) is 0. The average Bonchev–Trinajstić information content (AvgIpc) is 2.41. The number of hydrogen-bond donors (Lipinski definition) is 0. The molecule has 0 unspecified atom stereocenters. The Hall–Kier alpha value is -0.246. The van der Waals surface area contributed by atoms with Gasteiger partial charge in [-0.2, -0.15) is 12.1 Å². The first-order valence-corrected chi connectivity index (χ1v) is 6.87. The molecule has 0 amide bonds. The molecule has 0 atom stereocenters. The molecule has 2 rings (SSSR count). The van der Waals surface area contributed by atoms with Gasteiger partial charge in [-0.25, -0.2) is 0 Å². The predicted octanol–water partition coefficient (Wildman–Crippen LogP) is 3.66. The Kier molecular flexibility index (Phi) is 6.65. The third-order valence-corrected chi connectivity index (χ3v) is 3.59. The summed E-state index contributed by atoms with van der Waals surface area (Å²) < 4.78 is 2.31. The van der Waals surface area contributed by atoms with Crippen molar-refractivity contribution in [2.24, 2.45) is 0 Å². The number of hydrogen-bond acceptors (Lipinski definition) is 1. The van der Waals surface area contributed by atoms with Gasteiger partial charge in [-0.05, 0) is 17.8 Å². The number of nitrogens with zero attached hydrogens (tertiary/aromatic N) is 1. The van der Waals surface area contributed by atoms with Crippen molar-refractivity contribution in [3.05, 3.63) is 56.8 Å². The van der Waals surface area contributed by atoms with Gasteiger partial charge in [0.05, 0.1) is 0 Å². The molecule has 2 aromatic rings. The first kappa shape index (κ1) is 16.8. The van der Waals surface area contributed by atoms with Crippen LogP contribution in [-0.2, 0) is 45.7 Å². The van der Waals surface area contributed by atoms with Crippen molar-refractivity contribution in [3.63, 3.8) is 0 Å². The maximum atomic E-state index is 12.1. The molecule has 0 bridgehead atoms. The Balaban J connectivity index is 0.00000180. The summed E-state index contributed by atoms with van der Waals surface area (Å²) in [4.78, 5) is 12.1. The van der Waals surface area contributed by atoms with E-state index in [9.17, 15) is 4.79 Å². The van der Waals surface area contributed by atoms with E-state index in [0.29, 0.717) is 11.0 Å². The molecule has 0 fully saturated rings. The van der Waals surface area contributed by atoms with Gasteiger partial charge in [0.25, 0.3) is 0 Å². The molecule has 0 spiro atoms. The van der Waals surface area contributed by atoms with E-state index in [1.54, 1.807) is 10.6 Å². The van der Waals surface area contributed by atoms with Crippen molar-refractivity contribution in [2.45, 2.75) is 26.8 Å². The minimum atomic E-state index is -0.00263. The van der Waals surface area contributed by atoms with Crippen LogP contribution in [0.3, 0.4) is 0 Å². The van der Waals surface area contributed by atoms with E-state index in [0.717, 1.165) is 17.7 Å². The Labute approximate surface area is 147 Å². The van der Waals surface area contributed by atoms with Crippen molar-refractivity contribution in [1.29, 1.82) is 0 Å². The molecule has 1 aromatic carbocycles. The second-order valence-corrected chi connectivity index (χ2v) is 4.90. The van der Waals surface area contributed by atoms with Crippen LogP contribution in [-0.4, -0.2) is 4.57 Å². The number of benzene rings is 1. The van der Waals surface area contributed by atoms with Crippen LogP contribution < -0.4 is 5.56 Å². The number of rotatable bonds is 3. The van der Waals surface area contributed by atoms with E-state index >= 15 is 0 Å². The second kappa shape index (κ2) is 7.51. The summed E-state index contributed by atoms with van der Waals surface area (Å²) >= 11 is 3.26. The van der Waals surface area contributed by atoms with Crippen molar-refractivity contribution < 1.29 is 32.7 Å². The van der Waals surface area contributed by atoms with Gasteiger partial charge in [-0.3, -0.25) is 4.79 Å². The summed E-state index contributed by atoms with van der Waals surface area (Å²) in [6.45, 7) is 4.73. The van der Waals surface area contributed by atoms with Crippen molar-refractivity contribution in [1.82, 2.24) is 4.57 Å². The van der Waals surface area contributed by atoms with Crippen LogP contribution in [0.15, 0.2) is 39.6 Å². The molecule has 0 N–H and O–H groups in total. The fraction of sp³-hybridized carbons (Fsp3) is 0.267. The quantitative estimate of drug-likeness (QED) is 0.729. The standard InChI is InChI=1S/C15H15BrNO.Y/c1-3-11-7-5-6-8-12(11)14-10-9-13(16)15(18)17(14)4-2;/h5-9H,3-4H2,1-2H3;/q-1;. The molecule has 19 heavy (non-hydrogen) atoms. The second-order valence-electron chi connectivity index (χ2n) is 4.05. The fourth-order valence-corrected chi connectivity index (χ4v) is 2.41. The molecule has 1 radical (unpaired) electrons. The Morgan fingerprint density at radius 3 is 2.58 bits per heavy atom. The van der Waals surface area contributed by atoms with Crippen LogP contribution in [0.5, 0.6) is 0 Å². The van der Waals surface area contributed by atoms with E-state index in [2.05, 4.69) is 35.0 Å². The Morgan fingerprint density at radius 2 is 1.95 bits per heavy atom. The van der Waals surface area contributed by atoms with Gasteiger partial charge in [-0.1, -0.05) is 41.9 Å². The van der Waals surface area contributed by atoms with E-state index < -0.39 is 0 Å². The van der Waals surface area contributed by atoms with Crippen LogP contribution in [0.25, 0.3) is 11.3 Å². The summed E-state index contributed by atoms with van der Waals surface area (Å²) in [5.74, 6) is 0. The topological polar surface area (TPSA) is 22.0 Å². The molecule has 0 saturated carbocycles. The molecule has 2 nitrogen and oxygen atoms in total. The number of halogens is 1. The first-order valence-electron chi connectivity index (χ1n) is 6.08. The summed E-state index contributed by atoms with van der Waals surface area (Å²) in [6.07, 6.45) is 0.942. The number of aromatic nitrogens is 1. The van der Waals surface area contributed by atoms with Crippen molar-refractivity contribution in [2.75, 3.05) is 0 Å². The molecule has 0 aliphatic heterocycles. The molecule has 4 heteroatoms. The summed E-state index contributed by atoms with van der Waals surface area (Å²) in [7, 11) is 0. The summed E-state index contributed by atoms with van der Waals surface area (Å²) in [6, 6.07) is 13.1. The predicted molar refractivity (Wildman–Crippen MR) is 77.7 cm³/mol. The monoisotopic (exact) mass is 393 g/mol. The molecule has 0 aliphatic carbocycles. The van der Waals surface area contributed by atoms with Gasteiger partial charge in [0, 0.05) is 39.3 Å². The zero-order chi connectivity index (χ0) is 13.1. The SMILES string of the molecule is CCc1ccccc1-c1[c-]cc(Br)c(=O)n1CC.[Y]. The van der Waals surface area contributed by atoms with Crippen LogP contribution in [0.1, 0.15) is 19.4 Å². The van der Waals surface area contributed by atoms with Crippen LogP contribution in [0.4, 0.5) is 0 Å². The third kappa shape index (κ3) is 3.45. The zero-order valence-corrected chi connectivity index (χ0v) is 15.5. The number of pyridine rings is 1. The van der Waals surface area contributed by atoms with Gasteiger partial charge in [0.2, 0.25) is 5.56 Å². The van der Waals surface area contributed by atoms with Crippen molar-refractivity contribution >= 4 is 15.9 Å². The normalized spacial score (nSPS) is 10.1. The molecular weight excluding hydrogens is 379 g/mol. The zero-order valence-electron chi connectivity index (χ0n) is 11.1. The molecule has 0 saturated heterocycles.